The van der Waals surface area contributed by atoms with Crippen LogP contribution in [0.15, 0.2) is 23.1 Å². The van der Waals surface area contributed by atoms with Crippen molar-refractivity contribution in [1.82, 2.24) is 0 Å². The van der Waals surface area contributed by atoms with Gasteiger partial charge >= 0.3 is 5.97 Å². The van der Waals surface area contributed by atoms with Gasteiger partial charge in [0.05, 0.1) is 0 Å². The Morgan fingerprint density at radius 1 is 1.62 bits per heavy atom. The van der Waals surface area contributed by atoms with E-state index in [1.54, 1.807) is 11.8 Å². The lowest BCUT2D eigenvalue weighted by molar-refractivity contribution is -0.139. The second-order valence-electron chi connectivity index (χ2n) is 4.15. The summed E-state index contributed by atoms with van der Waals surface area (Å²) in [6, 6.07) is 5.40. The van der Waals surface area contributed by atoms with Gasteiger partial charge in [-0.2, -0.15) is 0 Å². The van der Waals surface area contributed by atoms with Crippen molar-refractivity contribution in [3.63, 3.8) is 0 Å². The summed E-state index contributed by atoms with van der Waals surface area (Å²) in [5.41, 5.74) is 8.01. The van der Waals surface area contributed by atoms with E-state index in [0.717, 1.165) is 23.3 Å². The first-order valence-electron chi connectivity index (χ1n) is 5.31. The van der Waals surface area contributed by atoms with Crippen LogP contribution in [0, 0.1) is 6.92 Å². The monoisotopic (exact) mass is 237 g/mol. The fraction of sp³-hybridized carbons (Fsp3) is 0.417. The van der Waals surface area contributed by atoms with E-state index in [1.165, 1.54) is 4.90 Å². The number of aryl methyl sites for hydroxylation is 1. The Hall–Kier alpha value is -1.00. The Balaban J connectivity index is 2.38. The van der Waals surface area contributed by atoms with Crippen LogP contribution in [-0.4, -0.2) is 22.9 Å². The first-order chi connectivity index (χ1) is 7.59. The third-order valence-electron chi connectivity index (χ3n) is 2.97. The van der Waals surface area contributed by atoms with Crippen molar-refractivity contribution in [3.8, 4) is 0 Å². The Morgan fingerprint density at radius 2 is 2.38 bits per heavy atom. The maximum Gasteiger partial charge on any atom is 0.321 e. The number of carboxylic acid groups (broad SMARTS) is 1. The molecular weight excluding hydrogens is 222 g/mol. The van der Waals surface area contributed by atoms with Gasteiger partial charge in [-0.15, -0.1) is 11.8 Å². The largest absolute Gasteiger partial charge is 0.480 e. The molecule has 0 saturated heterocycles. The SMILES string of the molecule is Cc1ccc2c(c1)C(C(N)C(=O)O)CCS2. The fourth-order valence-electron chi connectivity index (χ4n) is 2.09. The van der Waals surface area contributed by atoms with Gasteiger partial charge in [-0.3, -0.25) is 4.79 Å². The van der Waals surface area contributed by atoms with Crippen molar-refractivity contribution in [2.24, 2.45) is 5.73 Å². The topological polar surface area (TPSA) is 63.3 Å². The Kier molecular flexibility index (Phi) is 3.21. The molecule has 2 unspecified atom stereocenters. The summed E-state index contributed by atoms with van der Waals surface area (Å²) in [6.07, 6.45) is 0.842. The van der Waals surface area contributed by atoms with Crippen LogP contribution < -0.4 is 5.73 Å². The molecule has 0 aliphatic carbocycles. The molecule has 4 heteroatoms. The van der Waals surface area contributed by atoms with E-state index >= 15 is 0 Å². The number of hydrogen-bond acceptors (Lipinski definition) is 3. The molecule has 0 spiro atoms. The molecule has 0 fully saturated rings. The lowest BCUT2D eigenvalue weighted by Gasteiger charge is -2.28. The number of carboxylic acids is 1. The highest BCUT2D eigenvalue weighted by atomic mass is 32.2. The maximum absolute atomic E-state index is 11.0. The number of thioether (sulfide) groups is 1. The fourth-order valence-corrected chi connectivity index (χ4v) is 3.22. The summed E-state index contributed by atoms with van der Waals surface area (Å²) in [5.74, 6) is -0.0140. The molecule has 86 valence electrons. The zero-order chi connectivity index (χ0) is 11.7. The average Bonchev–Trinajstić information content (AvgIpc) is 2.27. The van der Waals surface area contributed by atoms with Crippen LogP contribution in [-0.2, 0) is 4.79 Å². The second kappa shape index (κ2) is 4.47. The number of aliphatic carboxylic acids is 1. The molecule has 0 aromatic heterocycles. The van der Waals surface area contributed by atoms with E-state index < -0.39 is 12.0 Å². The van der Waals surface area contributed by atoms with Crippen LogP contribution in [0.25, 0.3) is 0 Å². The normalized spacial score (nSPS) is 21.2. The minimum atomic E-state index is -0.913. The van der Waals surface area contributed by atoms with Crippen molar-refractivity contribution in [1.29, 1.82) is 0 Å². The Morgan fingerprint density at radius 3 is 3.06 bits per heavy atom. The van der Waals surface area contributed by atoms with Crippen molar-refractivity contribution in [2.45, 2.75) is 30.2 Å². The predicted molar refractivity (Wildman–Crippen MR) is 64.9 cm³/mol. The van der Waals surface area contributed by atoms with E-state index in [2.05, 4.69) is 18.2 Å². The van der Waals surface area contributed by atoms with Gasteiger partial charge in [-0.1, -0.05) is 17.7 Å². The highest BCUT2D eigenvalue weighted by Crippen LogP contribution is 2.39. The molecule has 3 nitrogen and oxygen atoms in total. The van der Waals surface area contributed by atoms with Crippen molar-refractivity contribution >= 4 is 17.7 Å². The van der Waals surface area contributed by atoms with Crippen LogP contribution in [0.3, 0.4) is 0 Å². The van der Waals surface area contributed by atoms with Crippen LogP contribution in [0.1, 0.15) is 23.5 Å². The van der Waals surface area contributed by atoms with E-state index in [4.69, 9.17) is 10.8 Å². The molecular formula is C12H15NO2S. The average molecular weight is 237 g/mol. The molecule has 1 aromatic carbocycles. The molecule has 3 N–H and O–H groups in total. The number of benzene rings is 1. The molecule has 0 radical (unpaired) electrons. The first-order valence-corrected chi connectivity index (χ1v) is 6.30. The summed E-state index contributed by atoms with van der Waals surface area (Å²) in [7, 11) is 0. The lowest BCUT2D eigenvalue weighted by Crippen LogP contribution is -2.38. The van der Waals surface area contributed by atoms with Gasteiger partial charge < -0.3 is 10.8 Å². The summed E-state index contributed by atoms with van der Waals surface area (Å²) in [4.78, 5) is 12.1. The van der Waals surface area contributed by atoms with Gasteiger partial charge in [0.25, 0.3) is 0 Å². The van der Waals surface area contributed by atoms with Gasteiger partial charge in [0.15, 0.2) is 0 Å². The molecule has 0 bridgehead atoms. The molecule has 0 amide bonds. The summed E-state index contributed by atoms with van der Waals surface area (Å²) < 4.78 is 0. The number of fused-ring (bicyclic) bond motifs is 1. The molecule has 1 aliphatic heterocycles. The predicted octanol–water partition coefficient (Wildman–Crippen LogP) is 1.99. The maximum atomic E-state index is 11.0. The van der Waals surface area contributed by atoms with E-state index in [1.807, 2.05) is 6.92 Å². The smallest absolute Gasteiger partial charge is 0.321 e. The van der Waals surface area contributed by atoms with E-state index in [-0.39, 0.29) is 5.92 Å². The Bertz CT molecular complexity index is 419. The highest BCUT2D eigenvalue weighted by Gasteiger charge is 2.30. The highest BCUT2D eigenvalue weighted by molar-refractivity contribution is 7.99. The first kappa shape index (κ1) is 11.5. The zero-order valence-corrected chi connectivity index (χ0v) is 9.96. The quantitative estimate of drug-likeness (QED) is 0.825. The Labute approximate surface area is 99.0 Å². The number of nitrogens with two attached hydrogens (primary N) is 1. The summed E-state index contributed by atoms with van der Waals surface area (Å²) in [5, 5.41) is 9.00. The van der Waals surface area contributed by atoms with Gasteiger partial charge in [0.1, 0.15) is 6.04 Å². The standard InChI is InChI=1S/C12H15NO2S/c1-7-2-3-10-9(6-7)8(4-5-16-10)11(13)12(14)15/h2-3,6,8,11H,4-5,13H2,1H3,(H,14,15). The van der Waals surface area contributed by atoms with Gasteiger partial charge in [0.2, 0.25) is 0 Å². The third-order valence-corrected chi connectivity index (χ3v) is 4.09. The minimum Gasteiger partial charge on any atom is -0.480 e. The number of hydrogen-bond donors (Lipinski definition) is 2. The summed E-state index contributed by atoms with van der Waals surface area (Å²) >= 11 is 1.78. The summed E-state index contributed by atoms with van der Waals surface area (Å²) in [6.45, 7) is 2.02. The minimum absolute atomic E-state index is 0.0475. The second-order valence-corrected chi connectivity index (χ2v) is 5.29. The zero-order valence-electron chi connectivity index (χ0n) is 9.14. The third kappa shape index (κ3) is 2.08. The number of rotatable bonds is 2. The molecule has 1 aliphatic rings. The van der Waals surface area contributed by atoms with Crippen LogP contribution in [0.4, 0.5) is 0 Å². The molecule has 2 atom stereocenters. The van der Waals surface area contributed by atoms with Crippen molar-refractivity contribution < 1.29 is 9.90 Å². The van der Waals surface area contributed by atoms with Crippen LogP contribution >= 0.6 is 11.8 Å². The van der Waals surface area contributed by atoms with Crippen LogP contribution in [0.2, 0.25) is 0 Å². The van der Waals surface area contributed by atoms with E-state index in [9.17, 15) is 4.79 Å². The van der Waals surface area contributed by atoms with Crippen molar-refractivity contribution in [2.75, 3.05) is 5.75 Å². The van der Waals surface area contributed by atoms with E-state index in [0.29, 0.717) is 0 Å². The molecule has 0 saturated carbocycles. The van der Waals surface area contributed by atoms with Gasteiger partial charge in [0, 0.05) is 10.8 Å². The molecule has 2 rings (SSSR count). The van der Waals surface area contributed by atoms with Crippen molar-refractivity contribution in [3.05, 3.63) is 29.3 Å². The lowest BCUT2D eigenvalue weighted by atomic mass is 9.88. The number of carbonyl (C=O) groups is 1. The van der Waals surface area contributed by atoms with Crippen LogP contribution in [0.5, 0.6) is 0 Å². The van der Waals surface area contributed by atoms with Gasteiger partial charge in [-0.05, 0) is 30.7 Å². The molecule has 1 aromatic rings. The molecule has 1 heterocycles. The van der Waals surface area contributed by atoms with Gasteiger partial charge in [-0.25, -0.2) is 0 Å². The molecule has 16 heavy (non-hydrogen) atoms.